The van der Waals surface area contributed by atoms with Crippen molar-refractivity contribution in [2.45, 2.75) is 0 Å². The van der Waals surface area contributed by atoms with E-state index in [0.29, 0.717) is 27.9 Å². The molecule has 0 aromatic carbocycles. The molecule has 0 spiro atoms. The van der Waals surface area contributed by atoms with E-state index in [2.05, 4.69) is 33.5 Å². The quantitative estimate of drug-likeness (QED) is 0.620. The van der Waals surface area contributed by atoms with Crippen LogP contribution in [0.15, 0.2) is 29.1 Å². The van der Waals surface area contributed by atoms with Crippen molar-refractivity contribution in [1.29, 1.82) is 0 Å². The topological polar surface area (TPSA) is 108 Å². The van der Waals surface area contributed by atoms with Crippen LogP contribution in [0.25, 0.3) is 18.7 Å². The summed E-state index contributed by atoms with van der Waals surface area (Å²) in [6, 6.07) is 3.33. The number of nitrogen functional groups attached to an aromatic ring is 1. The van der Waals surface area contributed by atoms with Gasteiger partial charge in [0, 0.05) is 0 Å². The molecule has 105 valence electrons. The number of anilines is 1. The maximum absolute atomic E-state index is 10.3. The van der Waals surface area contributed by atoms with E-state index in [-0.39, 0.29) is 0 Å². The van der Waals surface area contributed by atoms with Gasteiger partial charge < -0.3 is 0 Å². The molecule has 0 aliphatic carbocycles. The third kappa shape index (κ3) is 3.74. The van der Waals surface area contributed by atoms with Gasteiger partial charge in [-0.3, -0.25) is 0 Å². The Balaban J connectivity index is 2.34. The van der Waals surface area contributed by atoms with E-state index in [4.69, 9.17) is 10.2 Å². The van der Waals surface area contributed by atoms with E-state index >= 15 is 0 Å². The molecule has 2 N–H and O–H groups in total. The summed E-state index contributed by atoms with van der Waals surface area (Å²) in [4.78, 5) is 17.6. The molecular weight excluding hydrogens is 311 g/mol. The second kappa shape index (κ2) is 6.30. The van der Waals surface area contributed by atoms with Gasteiger partial charge in [-0.1, -0.05) is 0 Å². The fourth-order valence-corrected chi connectivity index (χ4v) is 1.92. The molecule has 0 unspecified atom stereocenters. The summed E-state index contributed by atoms with van der Waals surface area (Å²) < 4.78 is 6.19. The van der Waals surface area contributed by atoms with Crippen LogP contribution in [-0.4, -0.2) is 19.1 Å². The van der Waals surface area contributed by atoms with Gasteiger partial charge in [0.15, 0.2) is 0 Å². The van der Waals surface area contributed by atoms with E-state index in [0.717, 1.165) is 10.4 Å². The molecule has 8 heteroatoms. The number of hydrogen-bond acceptors (Lipinski definition) is 6. The Labute approximate surface area is 128 Å². The molecule has 0 radical (unpaired) electrons. The summed E-state index contributed by atoms with van der Waals surface area (Å²) in [6.07, 6.45) is 5.16. The molecule has 0 fully saturated rings. The summed E-state index contributed by atoms with van der Waals surface area (Å²) in [5.74, 6) is 1.24. The Morgan fingerprint density at radius 2 is 2.24 bits per heavy atom. The Morgan fingerprint density at radius 1 is 1.48 bits per heavy atom. The van der Waals surface area contributed by atoms with Crippen LogP contribution in [0.1, 0.15) is 11.5 Å². The van der Waals surface area contributed by atoms with Gasteiger partial charge in [-0.2, -0.15) is 0 Å². The zero-order valence-corrected chi connectivity index (χ0v) is 12.2. The molecule has 21 heavy (non-hydrogen) atoms. The Bertz CT molecular complexity index is 841. The number of nitrogens with zero attached hydrogens (tertiary/aromatic N) is 3. The van der Waals surface area contributed by atoms with Crippen molar-refractivity contribution in [3.63, 3.8) is 0 Å². The first-order chi connectivity index (χ1) is 9.97. The van der Waals surface area contributed by atoms with Crippen molar-refractivity contribution < 1.29 is 26.3 Å². The molecule has 2 aromatic heterocycles. The maximum atomic E-state index is 10.3. The van der Waals surface area contributed by atoms with Crippen molar-refractivity contribution in [2.24, 2.45) is 0 Å². The molecule has 0 amide bonds. The van der Waals surface area contributed by atoms with Crippen molar-refractivity contribution in [3.05, 3.63) is 56.9 Å². The normalized spacial score (nSPS) is 11.9. The molecule has 0 aliphatic heterocycles. The second-order valence-corrected chi connectivity index (χ2v) is 4.70. The number of nitro groups is 1. The summed E-state index contributed by atoms with van der Waals surface area (Å²) in [6.45, 7) is 3.78. The molecule has 2 aromatic rings. The van der Waals surface area contributed by atoms with E-state index < -0.39 is 4.92 Å². The average Bonchev–Trinajstić information content (AvgIpc) is 2.89. The van der Waals surface area contributed by atoms with E-state index in [1.54, 1.807) is 18.2 Å². The van der Waals surface area contributed by atoms with E-state index in [1.807, 2.05) is 0 Å². The van der Waals surface area contributed by atoms with Gasteiger partial charge in [0.2, 0.25) is 0 Å². The van der Waals surface area contributed by atoms with Gasteiger partial charge in [0.25, 0.3) is 0 Å². The summed E-state index contributed by atoms with van der Waals surface area (Å²) in [5.41, 5.74) is 5.77. The Hall–Kier alpha value is -2.51. The summed E-state index contributed by atoms with van der Waals surface area (Å²) in [7, 11) is 0. The molecule has 2 rings (SSSR count). The summed E-state index contributed by atoms with van der Waals surface area (Å²) in [5, 5.41) is 11.4. The van der Waals surface area contributed by atoms with Crippen LogP contribution in [0, 0.1) is 10.1 Å². The van der Waals surface area contributed by atoms with Crippen LogP contribution >= 0.6 is 0 Å². The van der Waals surface area contributed by atoms with Gasteiger partial charge >= 0.3 is 128 Å². The predicted octanol–water partition coefficient (Wildman–Crippen LogP) is -0.142. The molecule has 7 nitrogen and oxygen atoms in total. The second-order valence-electron chi connectivity index (χ2n) is 3.95. The monoisotopic (exact) mass is 321 g/mol. The van der Waals surface area contributed by atoms with Gasteiger partial charge in [-0.25, -0.2) is 0 Å². The van der Waals surface area contributed by atoms with Crippen LogP contribution in [0.3, 0.4) is 0 Å². The van der Waals surface area contributed by atoms with Crippen LogP contribution in [0.5, 0.6) is 0 Å². The first-order valence-electron chi connectivity index (χ1n) is 5.72. The zero-order valence-electron chi connectivity index (χ0n) is 10.8. The molecule has 2 heterocycles. The summed E-state index contributed by atoms with van der Waals surface area (Å²) >= 11 is 2.34. The third-order valence-electron chi connectivity index (χ3n) is 2.52. The standard InChI is InChI=1S/C13H10N4O3.V/c1-9-12(13(14)16-8-15-9)5-4-10-2-3-11(20-10)6-7-17(18)19;/h2-3,5-8H,1H2,(H2,14,15,16);/b7-6+,12-5+;. The van der Waals surface area contributed by atoms with Crippen LogP contribution in [-0.2, 0) is 17.0 Å². The first kappa shape index (κ1) is 14.9. The van der Waals surface area contributed by atoms with Crippen molar-refractivity contribution in [2.75, 3.05) is 5.73 Å². The molecule has 0 aliphatic rings. The third-order valence-corrected chi connectivity index (χ3v) is 3.06. The molecule has 0 bridgehead atoms. The number of rotatable bonds is 4. The number of nitrogens with two attached hydrogens (primary N) is 1. The minimum atomic E-state index is -0.558. The van der Waals surface area contributed by atoms with Crippen molar-refractivity contribution in [1.82, 2.24) is 9.97 Å². The van der Waals surface area contributed by atoms with Gasteiger partial charge in [0.05, 0.1) is 0 Å². The van der Waals surface area contributed by atoms with E-state index in [1.165, 1.54) is 12.4 Å². The van der Waals surface area contributed by atoms with Gasteiger partial charge in [-0.15, -0.1) is 0 Å². The number of furan rings is 1. The Morgan fingerprint density at radius 3 is 2.90 bits per heavy atom. The number of aromatic nitrogens is 2. The van der Waals surface area contributed by atoms with Crippen molar-refractivity contribution in [3.8, 4) is 0 Å². The average molecular weight is 321 g/mol. The van der Waals surface area contributed by atoms with Gasteiger partial charge in [0.1, 0.15) is 0 Å². The van der Waals surface area contributed by atoms with Gasteiger partial charge in [-0.05, 0) is 0 Å². The first-order valence-corrected chi connectivity index (χ1v) is 6.42. The molecule has 0 saturated heterocycles. The molecule has 0 saturated carbocycles. The fourth-order valence-electron chi connectivity index (χ4n) is 1.53. The van der Waals surface area contributed by atoms with E-state index in [9.17, 15) is 10.1 Å². The van der Waals surface area contributed by atoms with Crippen molar-refractivity contribution >= 4 is 28.8 Å². The SMILES string of the molecule is C=c1ncnc(N)/c1=C/[C](=[V])c1ccc(/C=C/[N+](=O)[O-])o1. The van der Waals surface area contributed by atoms with Crippen LogP contribution < -0.4 is 16.3 Å². The van der Waals surface area contributed by atoms with Crippen LogP contribution in [0.4, 0.5) is 5.82 Å². The predicted molar refractivity (Wildman–Crippen MR) is 74.5 cm³/mol. The molecular formula is C13H10N4O3V. The fraction of sp³-hybridized carbons (Fsp3) is 0. The number of hydrogen-bond donors (Lipinski definition) is 1. The van der Waals surface area contributed by atoms with Crippen LogP contribution in [0.2, 0.25) is 0 Å². The minimum absolute atomic E-state index is 0.318. The molecule has 0 atom stereocenters. The Kier molecular flexibility index (Phi) is 4.47. The zero-order chi connectivity index (χ0) is 15.4.